The second-order valence-corrected chi connectivity index (χ2v) is 6.06. The minimum Gasteiger partial charge on any atom is -0.397 e. The van der Waals surface area contributed by atoms with Crippen LogP contribution in [0.25, 0.3) is 10.1 Å². The first-order valence-corrected chi connectivity index (χ1v) is 7.55. The zero-order valence-electron chi connectivity index (χ0n) is 11.1. The molecule has 2 aromatic rings. The van der Waals surface area contributed by atoms with Gasteiger partial charge in [0, 0.05) is 30.9 Å². The summed E-state index contributed by atoms with van der Waals surface area (Å²) in [6.45, 7) is 2.21. The van der Waals surface area contributed by atoms with Gasteiger partial charge in [-0.15, -0.1) is 11.3 Å². The molecule has 0 spiro atoms. The van der Waals surface area contributed by atoms with Crippen LogP contribution in [0.15, 0.2) is 18.5 Å². The van der Waals surface area contributed by atoms with Gasteiger partial charge in [-0.2, -0.15) is 0 Å². The molecule has 3 rings (SSSR count). The average Bonchev–Trinajstić information content (AvgIpc) is 2.84. The van der Waals surface area contributed by atoms with E-state index in [9.17, 15) is 4.79 Å². The number of nitrogens with two attached hydrogens (primary N) is 1. The normalized spacial score (nSPS) is 19.1. The van der Waals surface area contributed by atoms with E-state index in [2.05, 4.69) is 10.3 Å². The number of pyridine rings is 1. The number of fused-ring (bicyclic) bond motifs is 1. The van der Waals surface area contributed by atoms with E-state index < -0.39 is 0 Å². The molecule has 1 aliphatic heterocycles. The second-order valence-electron chi connectivity index (χ2n) is 5.01. The molecule has 6 heteroatoms. The summed E-state index contributed by atoms with van der Waals surface area (Å²) in [5.74, 6) is 0.305. The van der Waals surface area contributed by atoms with Crippen molar-refractivity contribution in [3.8, 4) is 0 Å². The van der Waals surface area contributed by atoms with Gasteiger partial charge in [-0.1, -0.05) is 0 Å². The van der Waals surface area contributed by atoms with Gasteiger partial charge in [-0.25, -0.2) is 0 Å². The Hall–Kier alpha value is -1.66. The van der Waals surface area contributed by atoms with E-state index in [4.69, 9.17) is 10.5 Å². The number of ether oxygens (including phenoxy) is 1. The largest absolute Gasteiger partial charge is 0.397 e. The highest BCUT2D eigenvalue weighted by Gasteiger charge is 2.19. The highest BCUT2D eigenvalue weighted by Crippen LogP contribution is 2.32. The van der Waals surface area contributed by atoms with Crippen LogP contribution < -0.4 is 11.1 Å². The third-order valence-corrected chi connectivity index (χ3v) is 4.70. The van der Waals surface area contributed by atoms with E-state index in [0.29, 0.717) is 23.0 Å². The minimum atomic E-state index is -0.103. The van der Waals surface area contributed by atoms with E-state index in [1.165, 1.54) is 11.3 Å². The van der Waals surface area contributed by atoms with Crippen molar-refractivity contribution in [2.24, 2.45) is 5.92 Å². The fraction of sp³-hybridized carbons (Fsp3) is 0.429. The number of nitrogens with one attached hydrogen (secondary N) is 1. The summed E-state index contributed by atoms with van der Waals surface area (Å²) in [7, 11) is 0. The molecule has 1 unspecified atom stereocenters. The minimum absolute atomic E-state index is 0.103. The van der Waals surface area contributed by atoms with E-state index in [-0.39, 0.29) is 5.91 Å². The van der Waals surface area contributed by atoms with Crippen molar-refractivity contribution in [2.75, 3.05) is 25.5 Å². The van der Waals surface area contributed by atoms with Crippen molar-refractivity contribution >= 4 is 33.0 Å². The number of anilines is 1. The zero-order valence-corrected chi connectivity index (χ0v) is 11.9. The predicted molar refractivity (Wildman–Crippen MR) is 79.9 cm³/mol. The molecular weight excluding hydrogens is 274 g/mol. The lowest BCUT2D eigenvalue weighted by Crippen LogP contribution is -2.33. The highest BCUT2D eigenvalue weighted by molar-refractivity contribution is 7.21. The van der Waals surface area contributed by atoms with Crippen LogP contribution in [-0.4, -0.2) is 30.6 Å². The van der Waals surface area contributed by atoms with Crippen LogP contribution in [0.3, 0.4) is 0 Å². The maximum atomic E-state index is 12.2. The molecule has 5 nitrogen and oxygen atoms in total. The van der Waals surface area contributed by atoms with Crippen molar-refractivity contribution in [1.82, 2.24) is 10.3 Å². The van der Waals surface area contributed by atoms with Gasteiger partial charge in [0.2, 0.25) is 0 Å². The Morgan fingerprint density at radius 1 is 1.60 bits per heavy atom. The third-order valence-electron chi connectivity index (χ3n) is 3.54. The first kappa shape index (κ1) is 13.3. The van der Waals surface area contributed by atoms with Gasteiger partial charge < -0.3 is 15.8 Å². The molecule has 1 saturated heterocycles. The molecule has 1 fully saturated rings. The summed E-state index contributed by atoms with van der Waals surface area (Å²) in [5.41, 5.74) is 6.59. The van der Waals surface area contributed by atoms with Crippen LogP contribution in [0.4, 0.5) is 5.69 Å². The average molecular weight is 291 g/mol. The van der Waals surface area contributed by atoms with Crippen LogP contribution in [0.2, 0.25) is 0 Å². The van der Waals surface area contributed by atoms with Gasteiger partial charge in [0.15, 0.2) is 0 Å². The predicted octanol–water partition coefficient (Wildman–Crippen LogP) is 2.03. The Morgan fingerprint density at radius 3 is 3.25 bits per heavy atom. The number of hydrogen-bond donors (Lipinski definition) is 2. The first-order chi connectivity index (χ1) is 9.75. The topological polar surface area (TPSA) is 77.2 Å². The quantitative estimate of drug-likeness (QED) is 0.907. The molecular formula is C14H17N3O2S. The molecule has 106 valence electrons. The van der Waals surface area contributed by atoms with Crippen LogP contribution in [-0.2, 0) is 4.74 Å². The highest BCUT2D eigenvalue weighted by atomic mass is 32.1. The Morgan fingerprint density at radius 2 is 2.50 bits per heavy atom. The van der Waals surface area contributed by atoms with Gasteiger partial charge in [0.05, 0.1) is 17.0 Å². The number of rotatable bonds is 3. The van der Waals surface area contributed by atoms with Crippen LogP contribution in [0.5, 0.6) is 0 Å². The Balaban J connectivity index is 1.70. The molecule has 0 aliphatic carbocycles. The fourth-order valence-electron chi connectivity index (χ4n) is 2.43. The van der Waals surface area contributed by atoms with Gasteiger partial charge in [-0.3, -0.25) is 9.78 Å². The molecule has 0 bridgehead atoms. The molecule has 1 atom stereocenters. The molecule has 0 radical (unpaired) electrons. The molecule has 3 heterocycles. The monoisotopic (exact) mass is 291 g/mol. The number of nitrogens with zero attached hydrogens (tertiary/aromatic N) is 1. The summed E-state index contributed by atoms with van der Waals surface area (Å²) >= 11 is 1.39. The summed E-state index contributed by atoms with van der Waals surface area (Å²) in [4.78, 5) is 16.9. The number of nitrogen functional groups attached to an aromatic ring is 1. The van der Waals surface area contributed by atoms with Crippen molar-refractivity contribution in [1.29, 1.82) is 0 Å². The maximum Gasteiger partial charge on any atom is 0.263 e. The van der Waals surface area contributed by atoms with Gasteiger partial charge in [-0.05, 0) is 24.8 Å². The number of aromatic nitrogens is 1. The number of amides is 1. The van der Waals surface area contributed by atoms with Crippen LogP contribution in [0.1, 0.15) is 22.5 Å². The number of carbonyl (C=O) groups is 1. The first-order valence-electron chi connectivity index (χ1n) is 6.73. The standard InChI is InChI=1S/C14H17N3O2S/c15-12-10-3-4-16-7-11(10)20-13(12)14(18)17-6-9-2-1-5-19-8-9/h3-4,7,9H,1-2,5-6,8,15H2,(H,17,18). The summed E-state index contributed by atoms with van der Waals surface area (Å²) in [6, 6.07) is 1.84. The Labute approximate surface area is 121 Å². The summed E-state index contributed by atoms with van der Waals surface area (Å²) in [5, 5.41) is 3.86. The number of thiophene rings is 1. The fourth-order valence-corrected chi connectivity index (χ4v) is 3.43. The summed E-state index contributed by atoms with van der Waals surface area (Å²) in [6.07, 6.45) is 5.60. The van der Waals surface area contributed by atoms with Crippen LogP contribution in [0, 0.1) is 5.92 Å². The lowest BCUT2D eigenvalue weighted by Gasteiger charge is -2.22. The summed E-state index contributed by atoms with van der Waals surface area (Å²) < 4.78 is 6.35. The molecule has 0 aromatic carbocycles. The van der Waals surface area contributed by atoms with Gasteiger partial charge in [0.1, 0.15) is 4.88 Å². The number of hydrogen-bond acceptors (Lipinski definition) is 5. The molecule has 20 heavy (non-hydrogen) atoms. The van der Waals surface area contributed by atoms with Gasteiger partial charge in [0.25, 0.3) is 5.91 Å². The SMILES string of the molecule is Nc1c(C(=O)NCC2CCCOC2)sc2cnccc12. The Bertz CT molecular complexity index is 620. The molecule has 1 aliphatic rings. The number of carbonyl (C=O) groups excluding carboxylic acids is 1. The third kappa shape index (κ3) is 2.62. The van der Waals surface area contributed by atoms with Crippen LogP contribution >= 0.6 is 11.3 Å². The lowest BCUT2D eigenvalue weighted by atomic mass is 10.0. The van der Waals surface area contributed by atoms with Gasteiger partial charge >= 0.3 is 0 Å². The maximum absolute atomic E-state index is 12.2. The second kappa shape index (κ2) is 5.76. The smallest absolute Gasteiger partial charge is 0.263 e. The molecule has 1 amide bonds. The zero-order chi connectivity index (χ0) is 13.9. The lowest BCUT2D eigenvalue weighted by molar-refractivity contribution is 0.0537. The van der Waals surface area contributed by atoms with E-state index in [1.54, 1.807) is 12.4 Å². The van der Waals surface area contributed by atoms with E-state index >= 15 is 0 Å². The van der Waals surface area contributed by atoms with Crippen molar-refractivity contribution in [3.05, 3.63) is 23.3 Å². The van der Waals surface area contributed by atoms with E-state index in [0.717, 1.165) is 36.1 Å². The Kier molecular flexibility index (Phi) is 3.84. The molecule has 3 N–H and O–H groups in total. The van der Waals surface area contributed by atoms with Crippen molar-refractivity contribution < 1.29 is 9.53 Å². The van der Waals surface area contributed by atoms with Crippen molar-refractivity contribution in [2.45, 2.75) is 12.8 Å². The molecule has 2 aromatic heterocycles. The molecule has 0 saturated carbocycles. The van der Waals surface area contributed by atoms with E-state index in [1.807, 2.05) is 6.07 Å². The van der Waals surface area contributed by atoms with Crippen molar-refractivity contribution in [3.63, 3.8) is 0 Å².